The normalized spacial score (nSPS) is 25.6. The summed E-state index contributed by atoms with van der Waals surface area (Å²) >= 11 is 0. The smallest absolute Gasteiger partial charge is 0.233 e. The molecular formula is C13H26N2O2. The maximum atomic E-state index is 11.6. The fourth-order valence-electron chi connectivity index (χ4n) is 2.08. The van der Waals surface area contributed by atoms with Crippen molar-refractivity contribution < 1.29 is 9.90 Å². The molecule has 2 atom stereocenters. The first-order valence-corrected chi connectivity index (χ1v) is 6.58. The molecule has 0 spiro atoms. The SMILES string of the molecule is CC(C)(C)NCC(=O)NCC1CCCCC1O. The summed E-state index contributed by atoms with van der Waals surface area (Å²) in [7, 11) is 0. The van der Waals surface area contributed by atoms with Gasteiger partial charge >= 0.3 is 0 Å². The second-order valence-corrected chi connectivity index (χ2v) is 6.02. The molecule has 0 saturated heterocycles. The van der Waals surface area contributed by atoms with E-state index >= 15 is 0 Å². The van der Waals surface area contributed by atoms with E-state index in [4.69, 9.17) is 0 Å². The number of carbonyl (C=O) groups excluding carboxylic acids is 1. The van der Waals surface area contributed by atoms with E-state index < -0.39 is 0 Å². The second-order valence-electron chi connectivity index (χ2n) is 6.02. The first-order valence-electron chi connectivity index (χ1n) is 6.58. The van der Waals surface area contributed by atoms with E-state index in [1.54, 1.807) is 0 Å². The number of rotatable bonds is 4. The average molecular weight is 242 g/mol. The van der Waals surface area contributed by atoms with Crippen molar-refractivity contribution in [3.05, 3.63) is 0 Å². The van der Waals surface area contributed by atoms with Crippen LogP contribution in [0.2, 0.25) is 0 Å². The Morgan fingerprint density at radius 1 is 1.29 bits per heavy atom. The molecule has 100 valence electrons. The third-order valence-electron chi connectivity index (χ3n) is 3.21. The molecule has 3 N–H and O–H groups in total. The summed E-state index contributed by atoms with van der Waals surface area (Å²) in [5.74, 6) is 0.250. The third kappa shape index (κ3) is 6.03. The molecule has 17 heavy (non-hydrogen) atoms. The van der Waals surface area contributed by atoms with E-state index in [2.05, 4.69) is 10.6 Å². The van der Waals surface area contributed by atoms with Crippen LogP contribution in [0, 0.1) is 5.92 Å². The molecule has 1 aliphatic carbocycles. The zero-order valence-electron chi connectivity index (χ0n) is 11.3. The highest BCUT2D eigenvalue weighted by Crippen LogP contribution is 2.23. The minimum atomic E-state index is -0.236. The van der Waals surface area contributed by atoms with E-state index in [9.17, 15) is 9.90 Å². The highest BCUT2D eigenvalue weighted by Gasteiger charge is 2.23. The van der Waals surface area contributed by atoms with Crippen LogP contribution in [0.4, 0.5) is 0 Å². The maximum Gasteiger partial charge on any atom is 0.233 e. The number of nitrogens with one attached hydrogen (secondary N) is 2. The summed E-state index contributed by atoms with van der Waals surface area (Å²) in [5.41, 5.74) is -0.0400. The lowest BCUT2D eigenvalue weighted by atomic mass is 9.86. The van der Waals surface area contributed by atoms with Gasteiger partial charge in [-0.25, -0.2) is 0 Å². The van der Waals surface area contributed by atoms with Crippen LogP contribution in [0.3, 0.4) is 0 Å². The Kier molecular flexibility index (Phi) is 5.40. The van der Waals surface area contributed by atoms with Gasteiger partial charge in [0.15, 0.2) is 0 Å². The van der Waals surface area contributed by atoms with Crippen LogP contribution in [0.5, 0.6) is 0 Å². The summed E-state index contributed by atoms with van der Waals surface area (Å²) in [6.45, 7) is 7.04. The van der Waals surface area contributed by atoms with E-state index in [-0.39, 0.29) is 23.5 Å². The van der Waals surface area contributed by atoms with Gasteiger partial charge in [-0.1, -0.05) is 12.8 Å². The van der Waals surface area contributed by atoms with Crippen LogP contribution >= 0.6 is 0 Å². The molecule has 1 rings (SSSR count). The van der Waals surface area contributed by atoms with Crippen molar-refractivity contribution >= 4 is 5.91 Å². The van der Waals surface area contributed by atoms with Gasteiger partial charge in [-0.2, -0.15) is 0 Å². The molecular weight excluding hydrogens is 216 g/mol. The van der Waals surface area contributed by atoms with Gasteiger partial charge < -0.3 is 15.7 Å². The molecule has 0 aromatic rings. The molecule has 1 aliphatic rings. The quantitative estimate of drug-likeness (QED) is 0.690. The maximum absolute atomic E-state index is 11.6. The molecule has 0 aromatic heterocycles. The molecule has 4 heteroatoms. The fourth-order valence-corrected chi connectivity index (χ4v) is 2.08. The average Bonchev–Trinajstić information content (AvgIpc) is 2.24. The number of carbonyl (C=O) groups is 1. The van der Waals surface area contributed by atoms with E-state index in [0.29, 0.717) is 13.1 Å². The third-order valence-corrected chi connectivity index (χ3v) is 3.21. The molecule has 0 aliphatic heterocycles. The van der Waals surface area contributed by atoms with Gasteiger partial charge in [-0.05, 0) is 33.6 Å². The molecule has 0 bridgehead atoms. The Labute approximate surface area is 104 Å². The minimum Gasteiger partial charge on any atom is -0.393 e. The predicted molar refractivity (Wildman–Crippen MR) is 68.7 cm³/mol. The minimum absolute atomic E-state index is 0.0118. The highest BCUT2D eigenvalue weighted by atomic mass is 16.3. The van der Waals surface area contributed by atoms with E-state index in [1.165, 1.54) is 0 Å². The van der Waals surface area contributed by atoms with Crippen LogP contribution < -0.4 is 10.6 Å². The molecule has 2 unspecified atom stereocenters. The number of hydrogen-bond donors (Lipinski definition) is 3. The summed E-state index contributed by atoms with van der Waals surface area (Å²) in [6.07, 6.45) is 3.93. The zero-order chi connectivity index (χ0) is 12.9. The molecule has 0 aromatic carbocycles. The van der Waals surface area contributed by atoms with Gasteiger partial charge in [0.1, 0.15) is 0 Å². The topological polar surface area (TPSA) is 61.4 Å². The summed E-state index contributed by atoms with van der Waals surface area (Å²) in [6, 6.07) is 0. The van der Waals surface area contributed by atoms with Gasteiger partial charge in [-0.15, -0.1) is 0 Å². The lowest BCUT2D eigenvalue weighted by Gasteiger charge is -2.28. The first kappa shape index (κ1) is 14.5. The van der Waals surface area contributed by atoms with Gasteiger partial charge in [0.25, 0.3) is 0 Å². The van der Waals surface area contributed by atoms with Crippen molar-refractivity contribution in [2.75, 3.05) is 13.1 Å². The largest absolute Gasteiger partial charge is 0.393 e. The van der Waals surface area contributed by atoms with Crippen LogP contribution in [-0.2, 0) is 4.79 Å². The highest BCUT2D eigenvalue weighted by molar-refractivity contribution is 5.78. The first-order chi connectivity index (χ1) is 7.88. The van der Waals surface area contributed by atoms with Crippen molar-refractivity contribution in [2.24, 2.45) is 5.92 Å². The molecule has 0 radical (unpaired) electrons. The van der Waals surface area contributed by atoms with Crippen molar-refractivity contribution in [1.29, 1.82) is 0 Å². The van der Waals surface area contributed by atoms with Gasteiger partial charge in [0.2, 0.25) is 5.91 Å². The Bertz CT molecular complexity index is 248. The lowest BCUT2D eigenvalue weighted by molar-refractivity contribution is -0.121. The standard InChI is InChI=1S/C13H26N2O2/c1-13(2,3)15-9-12(17)14-8-10-6-4-5-7-11(10)16/h10-11,15-16H,4-9H2,1-3H3,(H,14,17). The van der Waals surface area contributed by atoms with Crippen LogP contribution in [-0.4, -0.2) is 35.7 Å². The van der Waals surface area contributed by atoms with Gasteiger partial charge in [-0.3, -0.25) is 4.79 Å². The number of hydrogen-bond acceptors (Lipinski definition) is 3. The molecule has 0 heterocycles. The number of aliphatic hydroxyl groups excluding tert-OH is 1. The van der Waals surface area contributed by atoms with E-state index in [1.807, 2.05) is 20.8 Å². The van der Waals surface area contributed by atoms with Crippen molar-refractivity contribution in [2.45, 2.75) is 58.1 Å². The van der Waals surface area contributed by atoms with E-state index in [0.717, 1.165) is 25.7 Å². The summed E-state index contributed by atoms with van der Waals surface area (Å²) in [5, 5.41) is 15.8. The summed E-state index contributed by atoms with van der Waals surface area (Å²) < 4.78 is 0. The Balaban J connectivity index is 2.19. The Morgan fingerprint density at radius 2 is 1.94 bits per heavy atom. The zero-order valence-corrected chi connectivity index (χ0v) is 11.3. The molecule has 1 saturated carbocycles. The predicted octanol–water partition coefficient (Wildman–Crippen LogP) is 1.04. The van der Waals surface area contributed by atoms with Crippen LogP contribution in [0.1, 0.15) is 46.5 Å². The number of aliphatic hydroxyl groups is 1. The second kappa shape index (κ2) is 6.36. The Hall–Kier alpha value is -0.610. The summed E-state index contributed by atoms with van der Waals surface area (Å²) in [4.78, 5) is 11.6. The van der Waals surface area contributed by atoms with Crippen LogP contribution in [0.15, 0.2) is 0 Å². The Morgan fingerprint density at radius 3 is 2.53 bits per heavy atom. The van der Waals surface area contributed by atoms with Crippen molar-refractivity contribution in [3.63, 3.8) is 0 Å². The number of amides is 1. The molecule has 1 fully saturated rings. The van der Waals surface area contributed by atoms with Crippen molar-refractivity contribution in [3.8, 4) is 0 Å². The van der Waals surface area contributed by atoms with Crippen LogP contribution in [0.25, 0.3) is 0 Å². The monoisotopic (exact) mass is 242 g/mol. The molecule has 1 amide bonds. The van der Waals surface area contributed by atoms with Crippen molar-refractivity contribution in [1.82, 2.24) is 10.6 Å². The van der Waals surface area contributed by atoms with Gasteiger partial charge in [0, 0.05) is 18.0 Å². The lowest BCUT2D eigenvalue weighted by Crippen LogP contribution is -2.45. The fraction of sp³-hybridized carbons (Fsp3) is 0.923. The molecule has 4 nitrogen and oxygen atoms in total. The van der Waals surface area contributed by atoms with Gasteiger partial charge in [0.05, 0.1) is 12.6 Å².